The van der Waals surface area contributed by atoms with Crippen LogP contribution in [0.1, 0.15) is 50.2 Å². The molecule has 1 fully saturated rings. The Hall–Kier alpha value is -2.69. The number of anilines is 1. The van der Waals surface area contributed by atoms with Gasteiger partial charge in [-0.05, 0) is 48.6 Å². The first-order valence-corrected chi connectivity index (χ1v) is 9.97. The Morgan fingerprint density at radius 2 is 1.79 bits per heavy atom. The molecule has 0 bridgehead atoms. The van der Waals surface area contributed by atoms with E-state index in [0.29, 0.717) is 18.4 Å². The largest absolute Gasteiger partial charge is 0.346 e. The van der Waals surface area contributed by atoms with Crippen molar-refractivity contribution < 1.29 is 14.0 Å². The highest BCUT2D eigenvalue weighted by molar-refractivity contribution is 5.97. The normalized spacial score (nSPS) is 15.6. The predicted molar refractivity (Wildman–Crippen MR) is 109 cm³/mol. The predicted octanol–water partition coefficient (Wildman–Crippen LogP) is 4.34. The standard InChI is InChI=1S/C23H27FN2O2/c1-2-17-9-4-5-12-20(17)26-21(27)16-25-22(28)23(13-6-3-7-14-23)18-10-8-11-19(24)15-18/h4-5,8-12,15H,2-3,6-7,13-14,16H2,1H3,(H,25,28)(H,26,27). The van der Waals surface area contributed by atoms with Crippen LogP contribution in [0.5, 0.6) is 0 Å². The van der Waals surface area contributed by atoms with Crippen LogP contribution < -0.4 is 10.6 Å². The van der Waals surface area contributed by atoms with Crippen molar-refractivity contribution in [2.45, 2.75) is 50.9 Å². The summed E-state index contributed by atoms with van der Waals surface area (Å²) in [5.41, 5.74) is 1.75. The van der Waals surface area contributed by atoms with Gasteiger partial charge in [0.05, 0.1) is 12.0 Å². The Balaban J connectivity index is 1.70. The van der Waals surface area contributed by atoms with Crippen LogP contribution in [0.3, 0.4) is 0 Å². The summed E-state index contributed by atoms with van der Waals surface area (Å²) in [5.74, 6) is -0.805. The van der Waals surface area contributed by atoms with Gasteiger partial charge in [0, 0.05) is 5.69 Å². The first-order chi connectivity index (χ1) is 13.5. The molecule has 5 heteroatoms. The van der Waals surface area contributed by atoms with Crippen molar-refractivity contribution in [1.82, 2.24) is 5.32 Å². The fourth-order valence-electron chi connectivity index (χ4n) is 4.06. The first-order valence-electron chi connectivity index (χ1n) is 9.97. The van der Waals surface area contributed by atoms with E-state index in [9.17, 15) is 14.0 Å². The highest BCUT2D eigenvalue weighted by Gasteiger charge is 2.41. The minimum absolute atomic E-state index is 0.103. The number of amides is 2. The van der Waals surface area contributed by atoms with Crippen molar-refractivity contribution in [3.05, 3.63) is 65.5 Å². The zero-order valence-electron chi connectivity index (χ0n) is 16.3. The number of aryl methyl sites for hydroxylation is 1. The van der Waals surface area contributed by atoms with Crippen molar-refractivity contribution in [3.8, 4) is 0 Å². The van der Waals surface area contributed by atoms with E-state index in [2.05, 4.69) is 10.6 Å². The number of halogens is 1. The second-order valence-electron chi connectivity index (χ2n) is 7.39. The van der Waals surface area contributed by atoms with Crippen molar-refractivity contribution in [3.63, 3.8) is 0 Å². The van der Waals surface area contributed by atoms with Gasteiger partial charge in [-0.2, -0.15) is 0 Å². The summed E-state index contributed by atoms with van der Waals surface area (Å²) < 4.78 is 13.8. The van der Waals surface area contributed by atoms with Gasteiger partial charge in [-0.3, -0.25) is 9.59 Å². The second kappa shape index (κ2) is 9.00. The Kier molecular flexibility index (Phi) is 6.45. The van der Waals surface area contributed by atoms with Crippen LogP contribution in [0.4, 0.5) is 10.1 Å². The summed E-state index contributed by atoms with van der Waals surface area (Å²) in [6.07, 6.45) is 5.05. The van der Waals surface area contributed by atoms with Crippen LogP contribution in [-0.2, 0) is 21.4 Å². The molecule has 0 aliphatic heterocycles. The van der Waals surface area contributed by atoms with Crippen molar-refractivity contribution in [2.24, 2.45) is 0 Å². The fourth-order valence-corrected chi connectivity index (χ4v) is 4.06. The molecule has 1 aliphatic rings. The third-order valence-electron chi connectivity index (χ3n) is 5.60. The lowest BCUT2D eigenvalue weighted by atomic mass is 9.68. The first kappa shape index (κ1) is 20.1. The third kappa shape index (κ3) is 4.41. The van der Waals surface area contributed by atoms with Gasteiger partial charge in [0.15, 0.2) is 0 Å². The number of benzene rings is 2. The molecule has 0 radical (unpaired) electrons. The topological polar surface area (TPSA) is 58.2 Å². The molecule has 2 aromatic rings. The SMILES string of the molecule is CCc1ccccc1NC(=O)CNC(=O)C1(c2cccc(F)c2)CCCCC1. The van der Waals surface area contributed by atoms with Crippen LogP contribution in [-0.4, -0.2) is 18.4 Å². The maximum Gasteiger partial charge on any atom is 0.243 e. The number of carbonyl (C=O) groups excluding carboxylic acids is 2. The summed E-state index contributed by atoms with van der Waals surface area (Å²) >= 11 is 0. The van der Waals surface area contributed by atoms with E-state index in [0.717, 1.165) is 36.9 Å². The average molecular weight is 382 g/mol. The van der Waals surface area contributed by atoms with Gasteiger partial charge in [-0.15, -0.1) is 0 Å². The van der Waals surface area contributed by atoms with Gasteiger partial charge >= 0.3 is 0 Å². The summed E-state index contributed by atoms with van der Waals surface area (Å²) in [6, 6.07) is 13.9. The lowest BCUT2D eigenvalue weighted by Crippen LogP contribution is -2.48. The van der Waals surface area contributed by atoms with Gasteiger partial charge in [0.1, 0.15) is 5.82 Å². The van der Waals surface area contributed by atoms with Crippen LogP contribution in [0.15, 0.2) is 48.5 Å². The van der Waals surface area contributed by atoms with Gasteiger partial charge < -0.3 is 10.6 Å². The molecule has 28 heavy (non-hydrogen) atoms. The number of para-hydroxylation sites is 1. The molecule has 1 saturated carbocycles. The van der Waals surface area contributed by atoms with Gasteiger partial charge in [-0.25, -0.2) is 4.39 Å². The molecule has 1 aliphatic carbocycles. The number of rotatable bonds is 6. The molecule has 0 atom stereocenters. The summed E-state index contributed by atoms with van der Waals surface area (Å²) in [4.78, 5) is 25.5. The molecule has 0 unspecified atom stereocenters. The van der Waals surface area contributed by atoms with Gasteiger partial charge in [-0.1, -0.05) is 56.5 Å². The highest BCUT2D eigenvalue weighted by Crippen LogP contribution is 2.40. The quantitative estimate of drug-likeness (QED) is 0.781. The molecule has 0 aromatic heterocycles. The molecule has 148 valence electrons. The zero-order valence-corrected chi connectivity index (χ0v) is 16.3. The van der Waals surface area contributed by atoms with E-state index in [1.165, 1.54) is 12.1 Å². The fraction of sp³-hybridized carbons (Fsp3) is 0.391. The lowest BCUT2D eigenvalue weighted by Gasteiger charge is -2.36. The molecule has 4 nitrogen and oxygen atoms in total. The summed E-state index contributed by atoms with van der Waals surface area (Å²) in [7, 11) is 0. The van der Waals surface area contributed by atoms with Gasteiger partial charge in [0.2, 0.25) is 11.8 Å². The summed E-state index contributed by atoms with van der Waals surface area (Å²) in [5, 5.41) is 5.66. The molecule has 2 N–H and O–H groups in total. The minimum Gasteiger partial charge on any atom is -0.346 e. The second-order valence-corrected chi connectivity index (χ2v) is 7.39. The Morgan fingerprint density at radius 3 is 2.50 bits per heavy atom. The molecule has 0 saturated heterocycles. The number of nitrogens with one attached hydrogen (secondary N) is 2. The van der Waals surface area contributed by atoms with Crippen LogP contribution in [0.25, 0.3) is 0 Å². The molecule has 2 amide bonds. The number of hydrogen-bond donors (Lipinski definition) is 2. The van der Waals surface area contributed by atoms with E-state index in [-0.39, 0.29) is 24.2 Å². The van der Waals surface area contributed by atoms with Crippen LogP contribution >= 0.6 is 0 Å². The van der Waals surface area contributed by atoms with E-state index >= 15 is 0 Å². The maximum atomic E-state index is 13.8. The van der Waals surface area contributed by atoms with Crippen molar-refractivity contribution in [1.29, 1.82) is 0 Å². The Bertz CT molecular complexity index is 844. The third-order valence-corrected chi connectivity index (χ3v) is 5.60. The maximum absolute atomic E-state index is 13.8. The van der Waals surface area contributed by atoms with Gasteiger partial charge in [0.25, 0.3) is 0 Å². The average Bonchev–Trinajstić information content (AvgIpc) is 2.73. The van der Waals surface area contributed by atoms with Crippen LogP contribution in [0, 0.1) is 5.82 Å². The Labute approximate surface area is 165 Å². The van der Waals surface area contributed by atoms with E-state index < -0.39 is 5.41 Å². The zero-order chi connectivity index (χ0) is 20.0. The lowest BCUT2D eigenvalue weighted by molar-refractivity contribution is -0.129. The smallest absolute Gasteiger partial charge is 0.243 e. The number of hydrogen-bond acceptors (Lipinski definition) is 2. The molecular formula is C23H27FN2O2. The highest BCUT2D eigenvalue weighted by atomic mass is 19.1. The molecular weight excluding hydrogens is 355 g/mol. The van der Waals surface area contributed by atoms with Crippen molar-refractivity contribution in [2.75, 3.05) is 11.9 Å². The molecule has 0 spiro atoms. The van der Waals surface area contributed by atoms with E-state index in [1.54, 1.807) is 6.07 Å². The molecule has 3 rings (SSSR count). The molecule has 0 heterocycles. The van der Waals surface area contributed by atoms with E-state index in [4.69, 9.17) is 0 Å². The molecule has 2 aromatic carbocycles. The van der Waals surface area contributed by atoms with E-state index in [1.807, 2.05) is 37.3 Å². The Morgan fingerprint density at radius 1 is 1.04 bits per heavy atom. The summed E-state index contributed by atoms with van der Waals surface area (Å²) in [6.45, 7) is 1.92. The van der Waals surface area contributed by atoms with Crippen LogP contribution in [0.2, 0.25) is 0 Å². The monoisotopic (exact) mass is 382 g/mol. The number of carbonyl (C=O) groups is 2. The minimum atomic E-state index is -0.762. The van der Waals surface area contributed by atoms with Crippen molar-refractivity contribution >= 4 is 17.5 Å².